The van der Waals surface area contributed by atoms with Crippen LogP contribution in [-0.2, 0) is 6.42 Å². The van der Waals surface area contributed by atoms with Gasteiger partial charge in [0, 0.05) is 18.0 Å². The van der Waals surface area contributed by atoms with Crippen LogP contribution < -0.4 is 18.9 Å². The van der Waals surface area contributed by atoms with Crippen LogP contribution in [0.2, 0.25) is 0 Å². The van der Waals surface area contributed by atoms with Crippen LogP contribution in [0.3, 0.4) is 0 Å². The van der Waals surface area contributed by atoms with Gasteiger partial charge in [-0.25, -0.2) is 0 Å². The number of nitriles is 1. The summed E-state index contributed by atoms with van der Waals surface area (Å²) in [6.07, 6.45) is 1.72. The monoisotopic (exact) mass is 546 g/mol. The number of aryl methyl sites for hydroxylation is 1. The second-order valence-corrected chi connectivity index (χ2v) is 11.3. The molecule has 1 aliphatic heterocycles. The van der Waals surface area contributed by atoms with Gasteiger partial charge in [0.25, 0.3) is 0 Å². The molecule has 0 radical (unpaired) electrons. The molecule has 0 aromatic heterocycles. The van der Waals surface area contributed by atoms with E-state index in [1.165, 1.54) is 16.7 Å². The van der Waals surface area contributed by atoms with Crippen LogP contribution in [0.15, 0.2) is 59.5 Å². The summed E-state index contributed by atoms with van der Waals surface area (Å²) in [5.74, 6) is 3.19. The molecule has 1 heterocycles. The molecule has 7 heteroatoms. The Kier molecular flexibility index (Phi) is 9.66. The van der Waals surface area contributed by atoms with Gasteiger partial charge in [0.15, 0.2) is 23.0 Å². The normalized spacial score (nSPS) is 16.5. The van der Waals surface area contributed by atoms with E-state index in [1.54, 1.807) is 40.2 Å². The van der Waals surface area contributed by atoms with Crippen molar-refractivity contribution in [1.82, 2.24) is 4.90 Å². The number of hydrogen-bond acceptors (Lipinski definition) is 7. The van der Waals surface area contributed by atoms with Crippen molar-refractivity contribution in [1.29, 1.82) is 5.26 Å². The second-order valence-electron chi connectivity index (χ2n) is 10.1. The van der Waals surface area contributed by atoms with Gasteiger partial charge in [-0.3, -0.25) is 4.90 Å². The van der Waals surface area contributed by atoms with Crippen molar-refractivity contribution in [2.45, 2.75) is 42.9 Å². The van der Waals surface area contributed by atoms with Gasteiger partial charge in [-0.15, -0.1) is 11.8 Å². The molecule has 3 aromatic rings. The first-order valence-corrected chi connectivity index (χ1v) is 14.1. The maximum Gasteiger partial charge on any atom is 0.161 e. The molecule has 0 spiro atoms. The standard InChI is InChI=1S/C32H38N2O4S/c1-21-7-10-25(11-8-21)39-26(19-33)15-22(2)20-34-14-13-23-16-30(37-5)31(38-6)18-27(23)32(34)24-9-12-28(35-3)29(17-24)36-4/h7-12,16-18,22,26,32H,13-15,20H2,1-6H3. The van der Waals surface area contributed by atoms with E-state index in [9.17, 15) is 5.26 Å². The van der Waals surface area contributed by atoms with E-state index in [0.717, 1.165) is 47.9 Å². The average Bonchev–Trinajstić information content (AvgIpc) is 2.96. The molecular formula is C32H38N2O4S. The van der Waals surface area contributed by atoms with Gasteiger partial charge in [-0.1, -0.05) is 30.7 Å². The molecule has 0 bridgehead atoms. The van der Waals surface area contributed by atoms with Crippen molar-refractivity contribution in [3.8, 4) is 29.1 Å². The molecule has 1 aliphatic rings. The van der Waals surface area contributed by atoms with E-state index < -0.39 is 0 Å². The van der Waals surface area contributed by atoms with Crippen LogP contribution in [0.25, 0.3) is 0 Å². The molecule has 3 unspecified atom stereocenters. The van der Waals surface area contributed by atoms with Crippen LogP contribution in [0.4, 0.5) is 0 Å². The zero-order valence-corrected chi connectivity index (χ0v) is 24.5. The Morgan fingerprint density at radius 1 is 0.897 bits per heavy atom. The number of methoxy groups -OCH3 is 4. The van der Waals surface area contributed by atoms with Crippen LogP contribution in [0, 0.1) is 24.2 Å². The lowest BCUT2D eigenvalue weighted by molar-refractivity contribution is 0.181. The minimum absolute atomic E-state index is 0.00102. The number of thioether (sulfide) groups is 1. The smallest absolute Gasteiger partial charge is 0.161 e. The summed E-state index contributed by atoms with van der Waals surface area (Å²) in [5.41, 5.74) is 4.80. The molecule has 39 heavy (non-hydrogen) atoms. The van der Waals surface area contributed by atoms with Gasteiger partial charge in [0.2, 0.25) is 0 Å². The Hall–Kier alpha value is -3.34. The zero-order chi connectivity index (χ0) is 27.9. The summed E-state index contributed by atoms with van der Waals surface area (Å²) in [5, 5.41) is 9.83. The minimum atomic E-state index is -0.108. The van der Waals surface area contributed by atoms with Crippen molar-refractivity contribution in [3.05, 3.63) is 76.9 Å². The molecule has 0 saturated carbocycles. The van der Waals surface area contributed by atoms with E-state index in [1.807, 2.05) is 6.07 Å². The first kappa shape index (κ1) is 28.7. The minimum Gasteiger partial charge on any atom is -0.493 e. The Labute approximate surface area is 236 Å². The maximum atomic E-state index is 9.94. The molecule has 0 aliphatic carbocycles. The summed E-state index contributed by atoms with van der Waals surface area (Å²) in [4.78, 5) is 3.65. The Bertz CT molecular complexity index is 1300. The number of nitrogens with zero attached hydrogens (tertiary/aromatic N) is 2. The third-order valence-corrected chi connectivity index (χ3v) is 8.43. The zero-order valence-electron chi connectivity index (χ0n) is 23.7. The fourth-order valence-corrected chi connectivity index (χ4v) is 6.46. The van der Waals surface area contributed by atoms with Crippen molar-refractivity contribution in [2.24, 2.45) is 5.92 Å². The topological polar surface area (TPSA) is 64.0 Å². The van der Waals surface area contributed by atoms with Gasteiger partial charge in [0.1, 0.15) is 0 Å². The summed E-state index contributed by atoms with van der Waals surface area (Å²) >= 11 is 1.65. The highest BCUT2D eigenvalue weighted by Gasteiger charge is 2.32. The lowest BCUT2D eigenvalue weighted by atomic mass is 9.86. The fourth-order valence-electron chi connectivity index (χ4n) is 5.36. The molecular weight excluding hydrogens is 508 g/mol. The Balaban J connectivity index is 1.63. The highest BCUT2D eigenvalue weighted by Crippen LogP contribution is 2.43. The molecule has 3 atom stereocenters. The van der Waals surface area contributed by atoms with Crippen LogP contribution >= 0.6 is 11.8 Å². The van der Waals surface area contributed by atoms with Crippen molar-refractivity contribution in [3.63, 3.8) is 0 Å². The molecule has 0 N–H and O–H groups in total. The van der Waals surface area contributed by atoms with Gasteiger partial charge < -0.3 is 18.9 Å². The third-order valence-electron chi connectivity index (χ3n) is 7.30. The predicted octanol–water partition coefficient (Wildman–Crippen LogP) is 6.69. The van der Waals surface area contributed by atoms with Crippen molar-refractivity contribution in [2.75, 3.05) is 41.5 Å². The lowest BCUT2D eigenvalue weighted by Crippen LogP contribution is -2.39. The van der Waals surface area contributed by atoms with E-state index >= 15 is 0 Å². The van der Waals surface area contributed by atoms with E-state index in [-0.39, 0.29) is 11.3 Å². The quantitative estimate of drug-likeness (QED) is 0.248. The lowest BCUT2D eigenvalue weighted by Gasteiger charge is -2.39. The van der Waals surface area contributed by atoms with Gasteiger partial charge >= 0.3 is 0 Å². The molecule has 0 amide bonds. The largest absolute Gasteiger partial charge is 0.493 e. The molecule has 3 aromatic carbocycles. The average molecular weight is 547 g/mol. The number of benzene rings is 3. The SMILES string of the molecule is COc1ccc(C2c3cc(OC)c(OC)cc3CCN2CC(C)CC(C#N)Sc2ccc(C)cc2)cc1OC. The highest BCUT2D eigenvalue weighted by molar-refractivity contribution is 8.00. The highest BCUT2D eigenvalue weighted by atomic mass is 32.2. The maximum absolute atomic E-state index is 9.94. The van der Waals surface area contributed by atoms with E-state index in [2.05, 4.69) is 73.3 Å². The summed E-state index contributed by atoms with van der Waals surface area (Å²) in [7, 11) is 6.66. The second kappa shape index (κ2) is 13.1. The van der Waals surface area contributed by atoms with Gasteiger partial charge in [-0.2, -0.15) is 5.26 Å². The summed E-state index contributed by atoms with van der Waals surface area (Å²) < 4.78 is 22.5. The predicted molar refractivity (Wildman–Crippen MR) is 156 cm³/mol. The van der Waals surface area contributed by atoms with Crippen LogP contribution in [0.5, 0.6) is 23.0 Å². The van der Waals surface area contributed by atoms with Gasteiger partial charge in [-0.05, 0) is 78.8 Å². The van der Waals surface area contributed by atoms with Crippen LogP contribution in [-0.4, -0.2) is 51.7 Å². The Morgan fingerprint density at radius 2 is 1.54 bits per heavy atom. The van der Waals surface area contributed by atoms with Gasteiger partial charge in [0.05, 0.1) is 45.8 Å². The van der Waals surface area contributed by atoms with E-state index in [0.29, 0.717) is 17.4 Å². The molecule has 6 nitrogen and oxygen atoms in total. The first-order valence-electron chi connectivity index (χ1n) is 13.2. The summed E-state index contributed by atoms with van der Waals surface area (Å²) in [6, 6.07) is 21.3. The van der Waals surface area contributed by atoms with E-state index in [4.69, 9.17) is 18.9 Å². The Morgan fingerprint density at radius 3 is 2.18 bits per heavy atom. The summed E-state index contributed by atoms with van der Waals surface area (Å²) in [6.45, 7) is 6.08. The number of hydrogen-bond donors (Lipinski definition) is 0. The molecule has 0 fully saturated rings. The van der Waals surface area contributed by atoms with Crippen LogP contribution in [0.1, 0.15) is 41.6 Å². The number of rotatable bonds is 11. The molecule has 4 rings (SSSR count). The number of ether oxygens (including phenoxy) is 4. The third kappa shape index (κ3) is 6.63. The van der Waals surface area contributed by atoms with Crippen molar-refractivity contribution >= 4 is 11.8 Å². The fraction of sp³-hybridized carbons (Fsp3) is 0.406. The van der Waals surface area contributed by atoms with Crippen molar-refractivity contribution < 1.29 is 18.9 Å². The molecule has 206 valence electrons. The molecule has 0 saturated heterocycles. The number of fused-ring (bicyclic) bond motifs is 1. The first-order chi connectivity index (χ1) is 18.9.